The van der Waals surface area contributed by atoms with E-state index in [0.29, 0.717) is 13.2 Å². The van der Waals surface area contributed by atoms with E-state index < -0.39 is 32.4 Å². The lowest BCUT2D eigenvalue weighted by Gasteiger charge is -2.15. The van der Waals surface area contributed by atoms with Crippen molar-refractivity contribution in [2.75, 3.05) is 13.2 Å². The summed E-state index contributed by atoms with van der Waals surface area (Å²) in [7, 11) is -2.99. The molecule has 22 heavy (non-hydrogen) atoms. The summed E-state index contributed by atoms with van der Waals surface area (Å²) in [6.07, 6.45) is 1.30. The highest BCUT2D eigenvalue weighted by atomic mass is 31.1. The minimum atomic E-state index is -2.99. The zero-order valence-electron chi connectivity index (χ0n) is 13.8. The van der Waals surface area contributed by atoms with Gasteiger partial charge in [0.05, 0.1) is 13.2 Å². The molecule has 0 radical (unpaired) electrons. The molecule has 0 aromatic rings. The molecule has 8 heteroatoms. The highest BCUT2D eigenvalue weighted by Gasteiger charge is 2.22. The van der Waals surface area contributed by atoms with Gasteiger partial charge in [0.1, 0.15) is 0 Å². The zero-order valence-corrected chi connectivity index (χ0v) is 14.8. The number of esters is 2. The van der Waals surface area contributed by atoms with E-state index in [1.165, 1.54) is 13.8 Å². The largest absolute Gasteiger partial charge is 0.464 e. The molecule has 0 aliphatic heterocycles. The number of carbonyl (C=O) groups is 2. The summed E-state index contributed by atoms with van der Waals surface area (Å²) >= 11 is 0. The van der Waals surface area contributed by atoms with Crippen LogP contribution >= 0.6 is 8.25 Å². The van der Waals surface area contributed by atoms with Gasteiger partial charge in [-0.15, -0.1) is 0 Å². The van der Waals surface area contributed by atoms with Crippen molar-refractivity contribution >= 4 is 20.2 Å². The minimum absolute atomic E-state index is 0.297. The molecule has 0 aliphatic rings. The van der Waals surface area contributed by atoms with Gasteiger partial charge in [-0.25, -0.2) is 9.59 Å². The van der Waals surface area contributed by atoms with Crippen molar-refractivity contribution in [1.82, 2.24) is 0 Å². The standard InChI is InChI=1S/C14H27O7P/c1-5-7-9-18-13(15)11(3)20-22(17)21-12(4)14(16)19-10-8-6-2/h11-12,22H,5-10H2,1-4H3. The number of hydrogen-bond donors (Lipinski definition) is 0. The summed E-state index contributed by atoms with van der Waals surface area (Å²) in [4.78, 5) is 23.1. The summed E-state index contributed by atoms with van der Waals surface area (Å²) in [6.45, 7) is 7.38. The monoisotopic (exact) mass is 338 g/mol. The first-order valence-electron chi connectivity index (χ1n) is 7.62. The van der Waals surface area contributed by atoms with Crippen LogP contribution in [0.2, 0.25) is 0 Å². The van der Waals surface area contributed by atoms with E-state index in [-0.39, 0.29) is 0 Å². The highest BCUT2D eigenvalue weighted by molar-refractivity contribution is 7.33. The molecule has 0 spiro atoms. The van der Waals surface area contributed by atoms with E-state index in [4.69, 9.17) is 18.5 Å². The predicted octanol–water partition coefficient (Wildman–Crippen LogP) is 2.87. The van der Waals surface area contributed by atoms with Crippen molar-refractivity contribution in [2.24, 2.45) is 0 Å². The Morgan fingerprint density at radius 2 is 1.23 bits per heavy atom. The van der Waals surface area contributed by atoms with Gasteiger partial charge < -0.3 is 9.47 Å². The normalized spacial score (nSPS) is 14.9. The Balaban J connectivity index is 4.04. The molecule has 130 valence electrons. The fraction of sp³-hybridized carbons (Fsp3) is 0.857. The molecule has 7 nitrogen and oxygen atoms in total. The summed E-state index contributed by atoms with van der Waals surface area (Å²) in [6, 6.07) is 0. The number of unbranched alkanes of at least 4 members (excludes halogenated alkanes) is 2. The molecule has 0 fully saturated rings. The zero-order chi connectivity index (χ0) is 17.0. The summed E-state index contributed by atoms with van der Waals surface area (Å²) in [5.41, 5.74) is 0. The number of carbonyl (C=O) groups excluding carboxylic acids is 2. The first-order valence-corrected chi connectivity index (χ1v) is 8.85. The third-order valence-electron chi connectivity index (χ3n) is 2.69. The molecular weight excluding hydrogens is 311 g/mol. The smallest absolute Gasteiger partial charge is 0.335 e. The Hall–Kier alpha value is -0.910. The molecule has 2 unspecified atom stereocenters. The molecule has 0 saturated carbocycles. The van der Waals surface area contributed by atoms with Crippen LogP contribution in [0.4, 0.5) is 0 Å². The van der Waals surface area contributed by atoms with Crippen molar-refractivity contribution in [2.45, 2.75) is 65.6 Å². The lowest BCUT2D eigenvalue weighted by molar-refractivity contribution is -0.152. The SMILES string of the molecule is CCCCOC(=O)C(C)O[PH](=O)OC(C)C(=O)OCCCC. The van der Waals surface area contributed by atoms with E-state index in [0.717, 1.165) is 25.7 Å². The van der Waals surface area contributed by atoms with Crippen LogP contribution < -0.4 is 0 Å². The van der Waals surface area contributed by atoms with Crippen molar-refractivity contribution in [3.8, 4) is 0 Å². The molecule has 0 heterocycles. The fourth-order valence-electron chi connectivity index (χ4n) is 1.28. The Kier molecular flexibility index (Phi) is 12.1. The molecule has 0 N–H and O–H groups in total. The van der Waals surface area contributed by atoms with E-state index in [1.54, 1.807) is 0 Å². The van der Waals surface area contributed by atoms with Gasteiger partial charge in [-0.2, -0.15) is 0 Å². The molecule has 0 aromatic heterocycles. The average Bonchev–Trinajstić information content (AvgIpc) is 2.47. The van der Waals surface area contributed by atoms with Gasteiger partial charge in [-0.3, -0.25) is 13.6 Å². The molecular formula is C14H27O7P. The number of hydrogen-bond acceptors (Lipinski definition) is 7. The molecule has 0 aromatic carbocycles. The van der Waals surface area contributed by atoms with E-state index >= 15 is 0 Å². The number of ether oxygens (including phenoxy) is 2. The third kappa shape index (κ3) is 9.92. The quantitative estimate of drug-likeness (QED) is 0.307. The lowest BCUT2D eigenvalue weighted by Crippen LogP contribution is -2.24. The fourth-order valence-corrected chi connectivity index (χ4v) is 2.11. The first-order chi connectivity index (χ1) is 10.4. The van der Waals surface area contributed by atoms with Crippen molar-refractivity contribution < 1.29 is 32.7 Å². The average molecular weight is 338 g/mol. The van der Waals surface area contributed by atoms with Crippen LogP contribution in [0, 0.1) is 0 Å². The van der Waals surface area contributed by atoms with Gasteiger partial charge in [0.15, 0.2) is 12.2 Å². The Labute approximate surface area is 132 Å². The molecule has 2 atom stereocenters. The van der Waals surface area contributed by atoms with Crippen LogP contribution in [0.25, 0.3) is 0 Å². The maximum Gasteiger partial charge on any atom is 0.335 e. The lowest BCUT2D eigenvalue weighted by atomic mass is 10.3. The van der Waals surface area contributed by atoms with E-state index in [2.05, 4.69) is 0 Å². The van der Waals surface area contributed by atoms with Crippen molar-refractivity contribution in [3.63, 3.8) is 0 Å². The Morgan fingerprint density at radius 1 is 0.864 bits per heavy atom. The molecule has 0 bridgehead atoms. The van der Waals surface area contributed by atoms with Crippen LogP contribution in [-0.4, -0.2) is 37.4 Å². The molecule has 0 aliphatic carbocycles. The Bertz CT molecular complexity index is 327. The minimum Gasteiger partial charge on any atom is -0.464 e. The van der Waals surface area contributed by atoms with Gasteiger partial charge in [-0.1, -0.05) is 26.7 Å². The van der Waals surface area contributed by atoms with Gasteiger partial charge in [0, 0.05) is 0 Å². The van der Waals surface area contributed by atoms with Gasteiger partial charge >= 0.3 is 20.2 Å². The maximum absolute atomic E-state index is 11.7. The molecule has 0 amide bonds. The van der Waals surface area contributed by atoms with E-state index in [9.17, 15) is 14.2 Å². The Morgan fingerprint density at radius 3 is 1.55 bits per heavy atom. The van der Waals surface area contributed by atoms with Crippen LogP contribution in [0.1, 0.15) is 53.4 Å². The van der Waals surface area contributed by atoms with Gasteiger partial charge in [0.2, 0.25) is 0 Å². The maximum atomic E-state index is 11.7. The second-order valence-electron chi connectivity index (χ2n) is 4.81. The topological polar surface area (TPSA) is 88.1 Å². The van der Waals surface area contributed by atoms with Crippen LogP contribution in [0.5, 0.6) is 0 Å². The van der Waals surface area contributed by atoms with Gasteiger partial charge in [-0.05, 0) is 26.7 Å². The number of rotatable bonds is 12. The molecule has 0 saturated heterocycles. The second-order valence-corrected chi connectivity index (χ2v) is 5.78. The summed E-state index contributed by atoms with van der Waals surface area (Å²) < 4.78 is 31.4. The van der Waals surface area contributed by atoms with Crippen molar-refractivity contribution in [3.05, 3.63) is 0 Å². The second kappa shape index (κ2) is 12.6. The van der Waals surface area contributed by atoms with Crippen LogP contribution in [-0.2, 0) is 32.7 Å². The predicted molar refractivity (Wildman–Crippen MR) is 81.8 cm³/mol. The first kappa shape index (κ1) is 21.1. The van der Waals surface area contributed by atoms with Crippen molar-refractivity contribution in [1.29, 1.82) is 0 Å². The highest BCUT2D eigenvalue weighted by Crippen LogP contribution is 2.28. The van der Waals surface area contributed by atoms with Crippen LogP contribution in [0.3, 0.4) is 0 Å². The summed E-state index contributed by atoms with van der Waals surface area (Å²) in [5, 5.41) is 0. The van der Waals surface area contributed by atoms with E-state index in [1.807, 2.05) is 13.8 Å². The molecule has 0 rings (SSSR count). The third-order valence-corrected chi connectivity index (χ3v) is 3.79. The van der Waals surface area contributed by atoms with Gasteiger partial charge in [0.25, 0.3) is 0 Å². The summed E-state index contributed by atoms with van der Waals surface area (Å²) in [5.74, 6) is -1.21. The van der Waals surface area contributed by atoms with Crippen LogP contribution in [0.15, 0.2) is 0 Å².